The number of hydrogen-bond acceptors (Lipinski definition) is 5. The summed E-state index contributed by atoms with van der Waals surface area (Å²) in [6.07, 6.45) is -1.92. The van der Waals surface area contributed by atoms with Gasteiger partial charge < -0.3 is 0 Å². The van der Waals surface area contributed by atoms with Crippen molar-refractivity contribution in [3.8, 4) is 0 Å². The normalized spacial score (nSPS) is 31.5. The lowest BCUT2D eigenvalue weighted by molar-refractivity contribution is -0.174. The minimum Gasteiger partial charge on any atom is -0.288 e. The third-order valence-corrected chi connectivity index (χ3v) is 6.49. The van der Waals surface area contributed by atoms with Crippen LogP contribution in [-0.2, 0) is 9.84 Å². The zero-order chi connectivity index (χ0) is 15.3. The van der Waals surface area contributed by atoms with Crippen molar-refractivity contribution in [2.75, 3.05) is 13.3 Å². The van der Waals surface area contributed by atoms with Crippen molar-refractivity contribution in [3.63, 3.8) is 0 Å². The van der Waals surface area contributed by atoms with Gasteiger partial charge in [-0.25, -0.2) is 8.42 Å². The minimum atomic E-state index is -4.33. The molecule has 2 aliphatic rings. The Morgan fingerprint density at radius 3 is 2.45 bits per heavy atom. The van der Waals surface area contributed by atoms with Crippen molar-refractivity contribution < 1.29 is 21.6 Å². The van der Waals surface area contributed by atoms with Gasteiger partial charge in [0.05, 0.1) is 4.24 Å². The number of hydrogen-bond donors (Lipinski definition) is 0. The van der Waals surface area contributed by atoms with Gasteiger partial charge in [-0.05, 0) is 6.08 Å². The van der Waals surface area contributed by atoms with E-state index >= 15 is 0 Å². The second-order valence-corrected chi connectivity index (χ2v) is 8.69. The maximum atomic E-state index is 12.8. The summed E-state index contributed by atoms with van der Waals surface area (Å²) < 4.78 is 61.6. The Kier molecular flexibility index (Phi) is 3.87. The number of thioether (sulfide) groups is 1. The zero-order valence-corrected chi connectivity index (χ0v) is 12.8. The van der Waals surface area contributed by atoms with E-state index in [-0.39, 0.29) is 21.8 Å². The highest BCUT2D eigenvalue weighted by molar-refractivity contribution is 8.19. The van der Waals surface area contributed by atoms with E-state index in [2.05, 4.69) is 5.10 Å². The van der Waals surface area contributed by atoms with Crippen molar-refractivity contribution >= 4 is 27.3 Å². The SMILES string of the molecule is CC1SC(S(C)(=O)=O)=CC1C1=NN(C)C(C(F)(F)F)C1. The second-order valence-electron chi connectivity index (χ2n) is 5.03. The smallest absolute Gasteiger partial charge is 0.288 e. The van der Waals surface area contributed by atoms with Crippen LogP contribution in [0.15, 0.2) is 15.4 Å². The summed E-state index contributed by atoms with van der Waals surface area (Å²) in [4.78, 5) is 0. The molecule has 20 heavy (non-hydrogen) atoms. The first-order valence-electron chi connectivity index (χ1n) is 5.95. The predicted octanol–water partition coefficient (Wildman–Crippen LogP) is 2.25. The first-order chi connectivity index (χ1) is 9.00. The van der Waals surface area contributed by atoms with Gasteiger partial charge in [0.15, 0.2) is 9.84 Å². The number of allylic oxidation sites excluding steroid dienone is 1. The van der Waals surface area contributed by atoms with Gasteiger partial charge in [-0.15, -0.1) is 11.8 Å². The maximum Gasteiger partial charge on any atom is 0.410 e. The van der Waals surface area contributed by atoms with Gasteiger partial charge in [-0.2, -0.15) is 18.3 Å². The van der Waals surface area contributed by atoms with E-state index in [1.165, 1.54) is 24.9 Å². The molecule has 3 unspecified atom stereocenters. The Balaban J connectivity index is 2.22. The third kappa shape index (κ3) is 2.98. The fraction of sp³-hybridized carbons (Fsp3) is 0.727. The number of alkyl halides is 3. The van der Waals surface area contributed by atoms with Gasteiger partial charge in [0.2, 0.25) is 0 Å². The summed E-state index contributed by atoms with van der Waals surface area (Å²) >= 11 is 1.17. The molecule has 0 aromatic rings. The first-order valence-corrected chi connectivity index (χ1v) is 8.72. The van der Waals surface area contributed by atoms with Crippen LogP contribution in [0.5, 0.6) is 0 Å². The molecule has 0 amide bonds. The summed E-state index contributed by atoms with van der Waals surface area (Å²) in [5, 5.41) is 4.75. The molecule has 0 saturated carbocycles. The third-order valence-electron chi connectivity index (χ3n) is 3.39. The molecule has 3 atom stereocenters. The molecule has 9 heteroatoms. The van der Waals surface area contributed by atoms with E-state index in [1.54, 1.807) is 6.92 Å². The summed E-state index contributed by atoms with van der Waals surface area (Å²) in [5.41, 5.74) is 0.397. The van der Waals surface area contributed by atoms with Crippen molar-refractivity contribution in [2.24, 2.45) is 11.0 Å². The monoisotopic (exact) mass is 328 g/mol. The lowest BCUT2D eigenvalue weighted by atomic mass is 9.96. The largest absolute Gasteiger partial charge is 0.410 e. The molecule has 2 aliphatic heterocycles. The molecule has 0 bridgehead atoms. The Hall–Kier alpha value is -0.700. The molecule has 2 rings (SSSR count). The Morgan fingerprint density at radius 1 is 1.45 bits per heavy atom. The van der Waals surface area contributed by atoms with Crippen LogP contribution < -0.4 is 0 Å². The lowest BCUT2D eigenvalue weighted by Crippen LogP contribution is -2.38. The molecule has 4 nitrogen and oxygen atoms in total. The topological polar surface area (TPSA) is 49.7 Å². The Morgan fingerprint density at radius 2 is 2.05 bits per heavy atom. The highest BCUT2D eigenvalue weighted by atomic mass is 32.3. The van der Waals surface area contributed by atoms with E-state index in [0.29, 0.717) is 5.71 Å². The summed E-state index contributed by atoms with van der Waals surface area (Å²) in [5.74, 6) is -0.362. The number of rotatable bonds is 2. The van der Waals surface area contributed by atoms with Crippen LogP contribution in [-0.4, -0.2) is 49.9 Å². The van der Waals surface area contributed by atoms with Crippen molar-refractivity contribution in [1.29, 1.82) is 0 Å². The maximum absolute atomic E-state index is 12.8. The van der Waals surface area contributed by atoms with Crippen LogP contribution in [0.4, 0.5) is 13.2 Å². The van der Waals surface area contributed by atoms with Crippen LogP contribution in [0.25, 0.3) is 0 Å². The van der Waals surface area contributed by atoms with E-state index in [1.807, 2.05) is 0 Å². The Labute approximate surface area is 120 Å². The van der Waals surface area contributed by atoms with Crippen LogP contribution >= 0.6 is 11.8 Å². The number of hydrazone groups is 1. The molecule has 0 N–H and O–H groups in total. The molecule has 0 spiro atoms. The molecule has 0 fully saturated rings. The lowest BCUT2D eigenvalue weighted by Gasteiger charge is -2.21. The quantitative estimate of drug-likeness (QED) is 0.780. The van der Waals surface area contributed by atoms with Crippen molar-refractivity contribution in [3.05, 3.63) is 10.3 Å². The molecule has 114 valence electrons. The predicted molar refractivity (Wildman–Crippen MR) is 73.1 cm³/mol. The first kappa shape index (κ1) is 15.7. The number of sulfone groups is 1. The average Bonchev–Trinajstić information content (AvgIpc) is 2.79. The fourth-order valence-electron chi connectivity index (χ4n) is 2.33. The average molecular weight is 328 g/mol. The molecule has 0 saturated heterocycles. The van der Waals surface area contributed by atoms with E-state index < -0.39 is 22.1 Å². The fourth-order valence-corrected chi connectivity index (χ4v) is 4.85. The standard InChI is InChI=1S/C11H15F3N2O2S2/c1-6-7(4-10(19-6)20(3,17)18)8-5-9(11(12,13)14)16(2)15-8/h4,6-7,9H,5H2,1-3H3. The van der Waals surface area contributed by atoms with Gasteiger partial charge in [0.25, 0.3) is 0 Å². The molecular formula is C11H15F3N2O2S2. The molecule has 0 aliphatic carbocycles. The van der Waals surface area contributed by atoms with E-state index in [0.717, 1.165) is 11.3 Å². The van der Waals surface area contributed by atoms with Gasteiger partial charge in [-0.1, -0.05) is 6.92 Å². The zero-order valence-electron chi connectivity index (χ0n) is 11.2. The van der Waals surface area contributed by atoms with Gasteiger partial charge in [0, 0.05) is 36.6 Å². The molecule has 0 aromatic carbocycles. The van der Waals surface area contributed by atoms with Crippen LogP contribution in [0.2, 0.25) is 0 Å². The number of halogens is 3. The van der Waals surface area contributed by atoms with Crippen LogP contribution in [0, 0.1) is 5.92 Å². The van der Waals surface area contributed by atoms with Gasteiger partial charge in [0.1, 0.15) is 6.04 Å². The van der Waals surface area contributed by atoms with Crippen molar-refractivity contribution in [1.82, 2.24) is 5.01 Å². The number of nitrogens with zero attached hydrogens (tertiary/aromatic N) is 2. The summed E-state index contributed by atoms with van der Waals surface area (Å²) in [7, 11) is -2.03. The van der Waals surface area contributed by atoms with E-state index in [4.69, 9.17) is 0 Å². The van der Waals surface area contributed by atoms with Gasteiger partial charge in [-0.3, -0.25) is 5.01 Å². The molecule has 2 heterocycles. The highest BCUT2D eigenvalue weighted by Crippen LogP contribution is 2.42. The minimum absolute atomic E-state index is 0.126. The van der Waals surface area contributed by atoms with Crippen LogP contribution in [0.3, 0.4) is 0 Å². The molecular weight excluding hydrogens is 313 g/mol. The van der Waals surface area contributed by atoms with Gasteiger partial charge >= 0.3 is 6.18 Å². The van der Waals surface area contributed by atoms with Crippen LogP contribution in [0.1, 0.15) is 13.3 Å². The highest BCUT2D eigenvalue weighted by Gasteiger charge is 2.48. The van der Waals surface area contributed by atoms with Crippen molar-refractivity contribution in [2.45, 2.75) is 30.8 Å². The summed E-state index contributed by atoms with van der Waals surface area (Å²) in [6, 6.07) is -1.62. The summed E-state index contributed by atoms with van der Waals surface area (Å²) in [6.45, 7) is 1.80. The van der Waals surface area contributed by atoms with E-state index in [9.17, 15) is 21.6 Å². The second kappa shape index (κ2) is 4.94. The Bertz CT molecular complexity index is 569. The molecule has 0 aromatic heterocycles. The molecule has 0 radical (unpaired) electrons.